The molecular weight excluding hydrogens is 268 g/mol. The van der Waals surface area contributed by atoms with Crippen molar-refractivity contribution in [2.75, 3.05) is 0 Å². The molecule has 1 unspecified atom stereocenters. The highest BCUT2D eigenvalue weighted by Gasteiger charge is 2.29. The summed E-state index contributed by atoms with van der Waals surface area (Å²) in [7, 11) is 0. The van der Waals surface area contributed by atoms with E-state index in [1.807, 2.05) is 0 Å². The van der Waals surface area contributed by atoms with Gasteiger partial charge in [-0.05, 0) is 19.3 Å². The van der Waals surface area contributed by atoms with Gasteiger partial charge in [0.1, 0.15) is 11.8 Å². The zero-order valence-electron chi connectivity index (χ0n) is 10.5. The van der Waals surface area contributed by atoms with E-state index >= 15 is 0 Å². The summed E-state index contributed by atoms with van der Waals surface area (Å²) in [5.74, 6) is -2.18. The molecule has 8 heteroatoms. The Hall–Kier alpha value is -2.38. The average Bonchev–Trinajstić information content (AvgIpc) is 3.11. The van der Waals surface area contributed by atoms with E-state index in [-0.39, 0.29) is 18.5 Å². The van der Waals surface area contributed by atoms with Crippen molar-refractivity contribution in [1.29, 1.82) is 0 Å². The third kappa shape index (κ3) is 3.56. The molecule has 108 valence electrons. The van der Waals surface area contributed by atoms with Crippen LogP contribution < -0.4 is 5.32 Å². The molecule has 1 saturated carbocycles. The van der Waals surface area contributed by atoms with Crippen molar-refractivity contribution in [1.82, 2.24) is 10.5 Å². The number of aliphatic carboxylic acids is 2. The Bertz CT molecular complexity index is 534. The molecule has 3 N–H and O–H groups in total. The van der Waals surface area contributed by atoms with Crippen molar-refractivity contribution in [2.45, 2.75) is 37.6 Å². The number of amides is 1. The predicted octanol–water partition coefficient (Wildman–Crippen LogP) is 0.600. The third-order valence-electron chi connectivity index (χ3n) is 2.99. The maximum atomic E-state index is 11.8. The van der Waals surface area contributed by atoms with Crippen LogP contribution in [0.2, 0.25) is 0 Å². The first kappa shape index (κ1) is 14.0. The Morgan fingerprint density at radius 1 is 1.40 bits per heavy atom. The summed E-state index contributed by atoms with van der Waals surface area (Å²) in [4.78, 5) is 33.2. The molecule has 8 nitrogen and oxygen atoms in total. The summed E-state index contributed by atoms with van der Waals surface area (Å²) in [6.45, 7) is 0. The fraction of sp³-hybridized carbons (Fsp3) is 0.500. The smallest absolute Gasteiger partial charge is 0.326 e. The quantitative estimate of drug-likeness (QED) is 0.667. The summed E-state index contributed by atoms with van der Waals surface area (Å²) in [5.41, 5.74) is 0.00785. The van der Waals surface area contributed by atoms with Gasteiger partial charge in [-0.1, -0.05) is 5.16 Å². The topological polar surface area (TPSA) is 130 Å². The van der Waals surface area contributed by atoms with Crippen molar-refractivity contribution in [3.05, 3.63) is 17.5 Å². The summed E-state index contributed by atoms with van der Waals surface area (Å²) in [5, 5.41) is 23.3. The zero-order valence-corrected chi connectivity index (χ0v) is 10.5. The molecule has 0 saturated heterocycles. The average molecular weight is 282 g/mol. The minimum absolute atomic E-state index is 0.00785. The van der Waals surface area contributed by atoms with Crippen LogP contribution in [0.25, 0.3) is 0 Å². The number of nitrogens with zero attached hydrogens (tertiary/aromatic N) is 1. The van der Waals surface area contributed by atoms with Crippen LogP contribution in [0.5, 0.6) is 0 Å². The third-order valence-corrected chi connectivity index (χ3v) is 2.99. The van der Waals surface area contributed by atoms with E-state index in [1.165, 1.54) is 6.07 Å². The number of carbonyl (C=O) groups is 3. The molecule has 1 aliphatic carbocycles. The molecule has 2 rings (SSSR count). The van der Waals surface area contributed by atoms with Crippen molar-refractivity contribution in [2.24, 2.45) is 0 Å². The van der Waals surface area contributed by atoms with E-state index in [4.69, 9.17) is 14.7 Å². The van der Waals surface area contributed by atoms with Crippen LogP contribution in [0.1, 0.15) is 47.8 Å². The fourth-order valence-electron chi connectivity index (χ4n) is 1.71. The first-order valence-electron chi connectivity index (χ1n) is 6.19. The second-order valence-corrected chi connectivity index (χ2v) is 4.69. The molecule has 1 aliphatic rings. The second-order valence-electron chi connectivity index (χ2n) is 4.69. The van der Waals surface area contributed by atoms with Crippen LogP contribution in [0.15, 0.2) is 10.6 Å². The molecule has 0 spiro atoms. The largest absolute Gasteiger partial charge is 0.481 e. The van der Waals surface area contributed by atoms with Crippen molar-refractivity contribution in [3.8, 4) is 0 Å². The number of hydrogen-bond donors (Lipinski definition) is 3. The van der Waals surface area contributed by atoms with Crippen LogP contribution in [-0.4, -0.2) is 39.3 Å². The van der Waals surface area contributed by atoms with Gasteiger partial charge in [0, 0.05) is 18.4 Å². The van der Waals surface area contributed by atoms with Gasteiger partial charge in [0.25, 0.3) is 5.91 Å². The highest BCUT2D eigenvalue weighted by atomic mass is 16.5. The van der Waals surface area contributed by atoms with Crippen LogP contribution in [0.4, 0.5) is 0 Å². The van der Waals surface area contributed by atoms with E-state index in [2.05, 4.69) is 10.5 Å². The van der Waals surface area contributed by atoms with Crippen molar-refractivity contribution < 1.29 is 29.1 Å². The standard InChI is InChI=1S/C12H14N2O6/c15-10(16)4-3-7(12(18)19)13-11(17)8-5-9(20-14-8)6-1-2-6/h5-7H,1-4H2,(H,13,17)(H,15,16)(H,18,19). The van der Waals surface area contributed by atoms with Gasteiger partial charge in [0.2, 0.25) is 0 Å². The first-order chi connectivity index (χ1) is 9.47. The molecule has 1 atom stereocenters. The number of hydrogen-bond acceptors (Lipinski definition) is 5. The lowest BCUT2D eigenvalue weighted by Gasteiger charge is -2.11. The lowest BCUT2D eigenvalue weighted by Crippen LogP contribution is -2.41. The van der Waals surface area contributed by atoms with Crippen LogP contribution in [-0.2, 0) is 9.59 Å². The Morgan fingerprint density at radius 3 is 2.65 bits per heavy atom. The summed E-state index contributed by atoms with van der Waals surface area (Å²) in [6, 6.07) is 0.225. The number of nitrogens with one attached hydrogen (secondary N) is 1. The highest BCUT2D eigenvalue weighted by molar-refractivity contribution is 5.95. The maximum absolute atomic E-state index is 11.8. The molecule has 0 radical (unpaired) electrons. The van der Waals surface area contributed by atoms with Crippen LogP contribution in [0, 0.1) is 0 Å². The summed E-state index contributed by atoms with van der Waals surface area (Å²) in [6.07, 6.45) is 1.45. The van der Waals surface area contributed by atoms with Crippen LogP contribution in [0.3, 0.4) is 0 Å². The minimum atomic E-state index is -1.29. The molecule has 0 aliphatic heterocycles. The lowest BCUT2D eigenvalue weighted by atomic mass is 10.1. The van der Waals surface area contributed by atoms with E-state index in [0.29, 0.717) is 11.7 Å². The molecule has 0 aromatic carbocycles. The molecular formula is C12H14N2O6. The molecule has 1 aromatic rings. The number of carbonyl (C=O) groups excluding carboxylic acids is 1. The van der Waals surface area contributed by atoms with Crippen molar-refractivity contribution in [3.63, 3.8) is 0 Å². The highest BCUT2D eigenvalue weighted by Crippen LogP contribution is 2.40. The Balaban J connectivity index is 1.95. The lowest BCUT2D eigenvalue weighted by molar-refractivity contribution is -0.140. The summed E-state index contributed by atoms with van der Waals surface area (Å²) >= 11 is 0. The maximum Gasteiger partial charge on any atom is 0.326 e. The van der Waals surface area contributed by atoms with Gasteiger partial charge in [0.15, 0.2) is 5.69 Å². The molecule has 20 heavy (non-hydrogen) atoms. The predicted molar refractivity (Wildman–Crippen MR) is 64.2 cm³/mol. The molecule has 1 amide bonds. The normalized spacial score (nSPS) is 15.6. The molecule has 1 aromatic heterocycles. The van der Waals surface area contributed by atoms with E-state index in [9.17, 15) is 14.4 Å². The molecule has 1 fully saturated rings. The SMILES string of the molecule is O=C(O)CCC(NC(=O)c1cc(C2CC2)on1)C(=O)O. The van der Waals surface area contributed by atoms with Crippen molar-refractivity contribution >= 4 is 17.8 Å². The van der Waals surface area contributed by atoms with Crippen LogP contribution >= 0.6 is 0 Å². The first-order valence-corrected chi connectivity index (χ1v) is 6.19. The minimum Gasteiger partial charge on any atom is -0.481 e. The van der Waals surface area contributed by atoms with Gasteiger partial charge >= 0.3 is 11.9 Å². The van der Waals surface area contributed by atoms with Gasteiger partial charge in [-0.25, -0.2) is 4.79 Å². The Labute approximate surface area is 113 Å². The number of rotatable bonds is 7. The fourth-order valence-corrected chi connectivity index (χ4v) is 1.71. The number of aromatic nitrogens is 1. The van der Waals surface area contributed by atoms with Gasteiger partial charge in [-0.15, -0.1) is 0 Å². The summed E-state index contributed by atoms with van der Waals surface area (Å²) < 4.78 is 5.00. The molecule has 0 bridgehead atoms. The van der Waals surface area contributed by atoms with E-state index in [0.717, 1.165) is 12.8 Å². The number of carboxylic acid groups (broad SMARTS) is 2. The van der Waals surface area contributed by atoms with Gasteiger partial charge in [0.05, 0.1) is 0 Å². The van der Waals surface area contributed by atoms with E-state index < -0.39 is 23.9 Å². The molecule has 1 heterocycles. The zero-order chi connectivity index (χ0) is 14.7. The monoisotopic (exact) mass is 282 g/mol. The number of carboxylic acids is 2. The van der Waals surface area contributed by atoms with Gasteiger partial charge in [-0.3, -0.25) is 9.59 Å². The second kappa shape index (κ2) is 5.72. The van der Waals surface area contributed by atoms with Gasteiger partial charge in [-0.2, -0.15) is 0 Å². The van der Waals surface area contributed by atoms with Gasteiger partial charge < -0.3 is 20.1 Å². The Kier molecular flexibility index (Phi) is 4.02. The van der Waals surface area contributed by atoms with E-state index in [1.54, 1.807) is 0 Å². The Morgan fingerprint density at radius 2 is 2.10 bits per heavy atom.